The van der Waals surface area contributed by atoms with Crippen molar-refractivity contribution in [2.45, 2.75) is 6.67 Å². The van der Waals surface area contributed by atoms with E-state index >= 15 is 0 Å². The van der Waals surface area contributed by atoms with Crippen molar-refractivity contribution in [1.82, 2.24) is 9.47 Å². The average molecular weight is 304 g/mol. The molecule has 0 saturated carbocycles. The topological polar surface area (TPSA) is 59.4 Å². The summed E-state index contributed by atoms with van der Waals surface area (Å²) in [5, 5.41) is 0.805. The Morgan fingerprint density at radius 1 is 0.870 bits per heavy atom. The predicted molar refractivity (Wildman–Crippen MR) is 84.3 cm³/mol. The third kappa shape index (κ3) is 1.90. The highest BCUT2D eigenvalue weighted by molar-refractivity contribution is 6.21. The summed E-state index contributed by atoms with van der Waals surface area (Å²) in [6.45, 7) is 0.0840. The molecule has 5 heteroatoms. The molecule has 2 heterocycles. The van der Waals surface area contributed by atoms with Gasteiger partial charge >= 0.3 is 0 Å². The van der Waals surface area contributed by atoms with Crippen LogP contribution in [0.2, 0.25) is 0 Å². The van der Waals surface area contributed by atoms with Gasteiger partial charge in [-0.25, -0.2) is 0 Å². The molecule has 1 aliphatic rings. The number of para-hydroxylation sites is 1. The Hall–Kier alpha value is -3.21. The molecule has 2 amide bonds. The summed E-state index contributed by atoms with van der Waals surface area (Å²) in [5.41, 5.74) is 2.19. The Labute approximate surface area is 131 Å². The molecule has 0 unspecified atom stereocenters. The fourth-order valence-corrected chi connectivity index (χ4v) is 3.01. The van der Waals surface area contributed by atoms with Gasteiger partial charge in [0.1, 0.15) is 6.67 Å². The van der Waals surface area contributed by atoms with Crippen molar-refractivity contribution in [3.8, 4) is 0 Å². The zero-order valence-electron chi connectivity index (χ0n) is 12.1. The predicted octanol–water partition coefficient (Wildman–Crippen LogP) is 2.71. The number of imide groups is 1. The molecule has 0 bridgehead atoms. The van der Waals surface area contributed by atoms with Crippen LogP contribution in [0.5, 0.6) is 0 Å². The lowest BCUT2D eigenvalue weighted by atomic mass is 10.1. The van der Waals surface area contributed by atoms with E-state index in [0.29, 0.717) is 16.7 Å². The van der Waals surface area contributed by atoms with Crippen LogP contribution in [0.3, 0.4) is 0 Å². The van der Waals surface area contributed by atoms with Gasteiger partial charge in [0.2, 0.25) is 0 Å². The highest BCUT2D eigenvalue weighted by Crippen LogP contribution is 2.25. The second-order valence-electron chi connectivity index (χ2n) is 5.41. The molecule has 5 nitrogen and oxygen atoms in total. The Bertz CT molecular complexity index is 936. The van der Waals surface area contributed by atoms with Crippen LogP contribution < -0.4 is 0 Å². The molecule has 3 aromatic rings. The monoisotopic (exact) mass is 304 g/mol. The fraction of sp³-hybridized carbons (Fsp3) is 0.0556. The standard InChI is InChI=1S/C18H12N2O3/c21-10-12-9-19(16-8-4-3-5-13(12)16)11-20-17(22)14-6-1-2-7-15(14)18(20)23/h1-10H,11H2. The Morgan fingerprint density at radius 3 is 2.13 bits per heavy atom. The Morgan fingerprint density at radius 2 is 1.48 bits per heavy atom. The van der Waals surface area contributed by atoms with Crippen LogP contribution in [0.1, 0.15) is 31.1 Å². The van der Waals surface area contributed by atoms with Gasteiger partial charge in [0.25, 0.3) is 11.8 Å². The third-order valence-corrected chi connectivity index (χ3v) is 4.12. The third-order valence-electron chi connectivity index (χ3n) is 4.12. The first-order chi connectivity index (χ1) is 11.2. The number of benzene rings is 2. The van der Waals surface area contributed by atoms with Crippen LogP contribution in [0.25, 0.3) is 10.9 Å². The highest BCUT2D eigenvalue weighted by atomic mass is 16.2. The molecule has 0 fully saturated rings. The molecule has 0 spiro atoms. The number of aldehydes is 1. The molecule has 0 radical (unpaired) electrons. The number of carbonyl (C=O) groups excluding carboxylic acids is 3. The minimum absolute atomic E-state index is 0.0840. The van der Waals surface area contributed by atoms with E-state index < -0.39 is 0 Å². The van der Waals surface area contributed by atoms with Gasteiger partial charge in [-0.05, 0) is 18.2 Å². The molecule has 0 aliphatic carbocycles. The SMILES string of the molecule is O=Cc1cn(CN2C(=O)c3ccccc3C2=O)c2ccccc12. The van der Waals surface area contributed by atoms with E-state index in [-0.39, 0.29) is 18.5 Å². The van der Waals surface area contributed by atoms with Crippen molar-refractivity contribution < 1.29 is 14.4 Å². The number of aromatic nitrogens is 1. The Kier molecular flexibility index (Phi) is 2.87. The van der Waals surface area contributed by atoms with Gasteiger partial charge in [-0.3, -0.25) is 19.3 Å². The molecule has 0 N–H and O–H groups in total. The summed E-state index contributed by atoms with van der Waals surface area (Å²) >= 11 is 0. The van der Waals surface area contributed by atoms with Gasteiger partial charge in [-0.1, -0.05) is 30.3 Å². The van der Waals surface area contributed by atoms with Crippen molar-refractivity contribution in [1.29, 1.82) is 0 Å². The maximum absolute atomic E-state index is 12.4. The smallest absolute Gasteiger partial charge is 0.263 e. The van der Waals surface area contributed by atoms with Gasteiger partial charge in [0, 0.05) is 17.1 Å². The van der Waals surface area contributed by atoms with Gasteiger partial charge < -0.3 is 4.57 Å². The molecule has 112 valence electrons. The molecule has 2 aromatic carbocycles. The zero-order chi connectivity index (χ0) is 16.0. The lowest BCUT2D eigenvalue weighted by Gasteiger charge is -2.15. The first-order valence-corrected chi connectivity index (χ1v) is 7.19. The van der Waals surface area contributed by atoms with Crippen molar-refractivity contribution in [3.05, 3.63) is 71.4 Å². The van der Waals surface area contributed by atoms with Crippen LogP contribution in [0, 0.1) is 0 Å². The summed E-state index contributed by atoms with van der Waals surface area (Å²) in [4.78, 5) is 37.3. The van der Waals surface area contributed by atoms with Crippen LogP contribution in [0.4, 0.5) is 0 Å². The first-order valence-electron chi connectivity index (χ1n) is 7.19. The van der Waals surface area contributed by atoms with E-state index in [9.17, 15) is 14.4 Å². The number of amides is 2. The van der Waals surface area contributed by atoms with Crippen molar-refractivity contribution in [2.75, 3.05) is 0 Å². The van der Waals surface area contributed by atoms with Crippen LogP contribution in [-0.2, 0) is 6.67 Å². The van der Waals surface area contributed by atoms with Gasteiger partial charge in [0.15, 0.2) is 6.29 Å². The van der Waals surface area contributed by atoms with E-state index in [4.69, 9.17) is 0 Å². The molecular weight excluding hydrogens is 292 g/mol. The summed E-state index contributed by atoms with van der Waals surface area (Å²) in [5.74, 6) is -0.618. The maximum Gasteiger partial charge on any atom is 0.263 e. The summed E-state index contributed by atoms with van der Waals surface area (Å²) in [7, 11) is 0. The molecule has 4 rings (SSSR count). The summed E-state index contributed by atoms with van der Waals surface area (Å²) in [6.07, 6.45) is 2.45. The van der Waals surface area contributed by atoms with Crippen LogP contribution in [0.15, 0.2) is 54.7 Å². The summed E-state index contributed by atoms with van der Waals surface area (Å²) < 4.78 is 1.75. The lowest BCUT2D eigenvalue weighted by Crippen LogP contribution is -2.31. The normalized spacial score (nSPS) is 13.7. The zero-order valence-corrected chi connectivity index (χ0v) is 12.1. The second kappa shape index (κ2) is 4.91. The quantitative estimate of drug-likeness (QED) is 0.552. The van der Waals surface area contributed by atoms with E-state index in [2.05, 4.69) is 0 Å². The number of nitrogens with zero attached hydrogens (tertiary/aromatic N) is 2. The van der Waals surface area contributed by atoms with Crippen LogP contribution in [-0.4, -0.2) is 27.6 Å². The largest absolute Gasteiger partial charge is 0.328 e. The van der Waals surface area contributed by atoms with Crippen molar-refractivity contribution >= 4 is 29.0 Å². The number of hydrogen-bond acceptors (Lipinski definition) is 3. The van der Waals surface area contributed by atoms with E-state index in [1.54, 1.807) is 35.0 Å². The van der Waals surface area contributed by atoms with Crippen molar-refractivity contribution in [2.24, 2.45) is 0 Å². The molecule has 0 atom stereocenters. The maximum atomic E-state index is 12.4. The molecule has 0 saturated heterocycles. The van der Waals surface area contributed by atoms with Gasteiger partial charge in [-0.2, -0.15) is 0 Å². The Balaban J connectivity index is 1.77. The van der Waals surface area contributed by atoms with Crippen LogP contribution >= 0.6 is 0 Å². The number of carbonyl (C=O) groups is 3. The van der Waals surface area contributed by atoms with E-state index in [1.807, 2.05) is 24.3 Å². The highest BCUT2D eigenvalue weighted by Gasteiger charge is 2.35. The fourth-order valence-electron chi connectivity index (χ4n) is 3.01. The summed E-state index contributed by atoms with van der Waals surface area (Å²) in [6, 6.07) is 14.2. The minimum atomic E-state index is -0.309. The van der Waals surface area contributed by atoms with Gasteiger partial charge in [-0.15, -0.1) is 0 Å². The molecule has 1 aromatic heterocycles. The second-order valence-corrected chi connectivity index (χ2v) is 5.41. The number of rotatable bonds is 3. The first kappa shape index (κ1) is 13.5. The molecular formula is C18H12N2O3. The number of fused-ring (bicyclic) bond motifs is 2. The molecule has 1 aliphatic heterocycles. The van der Waals surface area contributed by atoms with Gasteiger partial charge in [0.05, 0.1) is 16.6 Å². The lowest BCUT2D eigenvalue weighted by molar-refractivity contribution is 0.0608. The average Bonchev–Trinajstić information content (AvgIpc) is 3.07. The number of hydrogen-bond donors (Lipinski definition) is 0. The van der Waals surface area contributed by atoms with E-state index in [1.165, 1.54) is 4.90 Å². The van der Waals surface area contributed by atoms with E-state index in [0.717, 1.165) is 17.2 Å². The van der Waals surface area contributed by atoms with Crippen molar-refractivity contribution in [3.63, 3.8) is 0 Å². The molecule has 23 heavy (non-hydrogen) atoms. The minimum Gasteiger partial charge on any atom is -0.328 e.